The van der Waals surface area contributed by atoms with Gasteiger partial charge in [0, 0.05) is 11.1 Å². The number of nitrogens with zero attached hydrogens (tertiary/aromatic N) is 2. The number of unbranched alkanes of at least 4 members (excludes halogenated alkanes) is 8. The second kappa shape index (κ2) is 21.9. The minimum absolute atomic E-state index is 0.0389. The zero-order valence-corrected chi connectivity index (χ0v) is 27.1. The number of benzene rings is 2. The molecule has 0 radical (unpaired) electrons. The molecule has 0 atom stereocenters. The maximum Gasteiger partial charge on any atom is 0.252 e. The van der Waals surface area contributed by atoms with Crippen LogP contribution in [0, 0.1) is 0 Å². The van der Waals surface area contributed by atoms with Crippen LogP contribution in [0.25, 0.3) is 11.1 Å². The van der Waals surface area contributed by atoms with Crippen LogP contribution in [0.15, 0.2) is 48.5 Å². The monoisotopic (exact) mass is 578 g/mol. The SMILES string of the molecule is CCCCCN(CCCCC)CNC(=O)c1ccc(-c2ccc(C(=O)NCN(CCCCC)CCCCC)cc2)cc1. The van der Waals surface area contributed by atoms with Crippen molar-refractivity contribution in [1.82, 2.24) is 20.4 Å². The van der Waals surface area contributed by atoms with Crippen molar-refractivity contribution in [2.75, 3.05) is 39.5 Å². The van der Waals surface area contributed by atoms with E-state index in [1.807, 2.05) is 48.5 Å². The van der Waals surface area contributed by atoms with Crippen LogP contribution in [0.1, 0.15) is 125 Å². The van der Waals surface area contributed by atoms with Crippen molar-refractivity contribution in [1.29, 1.82) is 0 Å². The second-order valence-corrected chi connectivity index (χ2v) is 11.5. The summed E-state index contributed by atoms with van der Waals surface area (Å²) < 4.78 is 0. The van der Waals surface area contributed by atoms with Gasteiger partial charge in [-0.3, -0.25) is 19.4 Å². The molecule has 2 aromatic rings. The zero-order valence-electron chi connectivity index (χ0n) is 27.1. The van der Waals surface area contributed by atoms with E-state index in [0.717, 1.165) is 37.3 Å². The lowest BCUT2D eigenvalue weighted by Gasteiger charge is -2.22. The molecule has 2 N–H and O–H groups in total. The molecule has 0 aliphatic carbocycles. The lowest BCUT2D eigenvalue weighted by Crippen LogP contribution is -2.38. The fraction of sp³-hybridized carbons (Fsp3) is 0.611. The first-order valence-electron chi connectivity index (χ1n) is 16.7. The zero-order chi connectivity index (χ0) is 30.4. The normalized spacial score (nSPS) is 11.3. The van der Waals surface area contributed by atoms with Crippen LogP contribution in [0.3, 0.4) is 0 Å². The van der Waals surface area contributed by atoms with E-state index in [4.69, 9.17) is 0 Å². The molecule has 2 aromatic carbocycles. The topological polar surface area (TPSA) is 64.7 Å². The lowest BCUT2D eigenvalue weighted by molar-refractivity contribution is 0.0913. The van der Waals surface area contributed by atoms with Gasteiger partial charge in [0.15, 0.2) is 0 Å². The summed E-state index contributed by atoms with van der Waals surface area (Å²) in [4.78, 5) is 30.4. The van der Waals surface area contributed by atoms with Crippen LogP contribution < -0.4 is 10.6 Å². The first-order valence-corrected chi connectivity index (χ1v) is 16.7. The van der Waals surface area contributed by atoms with E-state index in [-0.39, 0.29) is 11.8 Å². The first-order chi connectivity index (χ1) is 20.5. The lowest BCUT2D eigenvalue weighted by atomic mass is 10.0. The number of carbonyl (C=O) groups excluding carboxylic acids is 2. The predicted molar refractivity (Wildman–Crippen MR) is 178 cm³/mol. The fourth-order valence-electron chi connectivity index (χ4n) is 5.08. The molecule has 0 fully saturated rings. The minimum atomic E-state index is -0.0389. The van der Waals surface area contributed by atoms with Crippen molar-refractivity contribution in [2.45, 2.75) is 105 Å². The van der Waals surface area contributed by atoms with Gasteiger partial charge in [-0.1, -0.05) is 103 Å². The van der Waals surface area contributed by atoms with E-state index in [1.165, 1.54) is 77.0 Å². The summed E-state index contributed by atoms with van der Waals surface area (Å²) in [5.74, 6) is -0.0778. The molecule has 0 aromatic heterocycles. The van der Waals surface area contributed by atoms with Crippen LogP contribution >= 0.6 is 0 Å². The van der Waals surface area contributed by atoms with Crippen molar-refractivity contribution in [3.63, 3.8) is 0 Å². The van der Waals surface area contributed by atoms with Crippen LogP contribution in [-0.2, 0) is 0 Å². The van der Waals surface area contributed by atoms with Crippen molar-refractivity contribution >= 4 is 11.8 Å². The highest BCUT2D eigenvalue weighted by Gasteiger charge is 2.12. The van der Waals surface area contributed by atoms with Crippen molar-refractivity contribution in [3.05, 3.63) is 59.7 Å². The Hall–Kier alpha value is -2.70. The Bertz CT molecular complexity index is 889. The maximum absolute atomic E-state index is 12.8. The van der Waals surface area contributed by atoms with Crippen molar-refractivity contribution in [2.24, 2.45) is 0 Å². The Kier molecular flexibility index (Phi) is 18.5. The van der Waals surface area contributed by atoms with Gasteiger partial charge in [0.1, 0.15) is 0 Å². The number of carbonyl (C=O) groups is 2. The van der Waals surface area contributed by atoms with Crippen LogP contribution in [0.2, 0.25) is 0 Å². The summed E-state index contributed by atoms with van der Waals surface area (Å²) in [6.07, 6.45) is 14.4. The molecule has 42 heavy (non-hydrogen) atoms. The van der Waals surface area contributed by atoms with Crippen LogP contribution in [-0.4, -0.2) is 61.1 Å². The Morgan fingerprint density at radius 2 is 0.762 bits per heavy atom. The highest BCUT2D eigenvalue weighted by Crippen LogP contribution is 2.20. The van der Waals surface area contributed by atoms with E-state index in [9.17, 15) is 9.59 Å². The molecule has 0 aliphatic heterocycles. The maximum atomic E-state index is 12.8. The standard InChI is InChI=1S/C36H58N4O2/c1-5-9-13-25-39(26-14-10-6-2)29-37-35(41)33-21-17-31(18-22-33)32-19-23-34(24-20-32)36(42)38-30-40(27-15-11-7-3)28-16-12-8-4/h17-24H,5-16,25-30H2,1-4H3,(H,37,41)(H,38,42). The van der Waals surface area contributed by atoms with Gasteiger partial charge in [0.05, 0.1) is 13.3 Å². The Morgan fingerprint density at radius 1 is 0.476 bits per heavy atom. The molecule has 0 heterocycles. The molecule has 0 aliphatic rings. The fourth-order valence-corrected chi connectivity index (χ4v) is 5.08. The average Bonchev–Trinajstić information content (AvgIpc) is 3.02. The van der Waals surface area contributed by atoms with Crippen LogP contribution in [0.5, 0.6) is 0 Å². The third kappa shape index (κ3) is 14.0. The van der Waals surface area contributed by atoms with Gasteiger partial charge in [-0.05, 0) is 87.3 Å². The van der Waals surface area contributed by atoms with E-state index in [2.05, 4.69) is 48.1 Å². The number of rotatable bonds is 23. The molecule has 0 bridgehead atoms. The molecular formula is C36H58N4O2. The highest BCUT2D eigenvalue weighted by atomic mass is 16.2. The van der Waals surface area contributed by atoms with Gasteiger partial charge in [-0.15, -0.1) is 0 Å². The molecule has 2 rings (SSSR count). The molecule has 6 heteroatoms. The summed E-state index contributed by atoms with van der Waals surface area (Å²) in [6, 6.07) is 15.5. The molecule has 0 saturated heterocycles. The summed E-state index contributed by atoms with van der Waals surface area (Å²) in [5.41, 5.74) is 3.38. The van der Waals surface area contributed by atoms with E-state index in [1.54, 1.807) is 0 Å². The number of hydrogen-bond acceptors (Lipinski definition) is 4. The summed E-state index contributed by atoms with van der Waals surface area (Å²) in [6.45, 7) is 14.2. The number of amides is 2. The van der Waals surface area contributed by atoms with Crippen LogP contribution in [0.4, 0.5) is 0 Å². The molecule has 0 spiro atoms. The molecule has 234 valence electrons. The van der Waals surface area contributed by atoms with Crippen molar-refractivity contribution in [3.8, 4) is 11.1 Å². The number of hydrogen-bond donors (Lipinski definition) is 2. The molecule has 0 saturated carbocycles. The average molecular weight is 579 g/mol. The van der Waals surface area contributed by atoms with Gasteiger partial charge in [0.25, 0.3) is 11.8 Å². The van der Waals surface area contributed by atoms with Gasteiger partial charge >= 0.3 is 0 Å². The van der Waals surface area contributed by atoms with Gasteiger partial charge in [0.2, 0.25) is 0 Å². The second-order valence-electron chi connectivity index (χ2n) is 11.5. The Balaban J connectivity index is 1.89. The molecule has 0 unspecified atom stereocenters. The van der Waals surface area contributed by atoms with Crippen molar-refractivity contribution < 1.29 is 9.59 Å². The minimum Gasteiger partial charge on any atom is -0.339 e. The quantitative estimate of drug-likeness (QED) is 0.103. The molecular weight excluding hydrogens is 520 g/mol. The number of nitrogens with one attached hydrogen (secondary N) is 2. The summed E-state index contributed by atoms with van der Waals surface area (Å²) in [7, 11) is 0. The smallest absolute Gasteiger partial charge is 0.252 e. The molecule has 2 amide bonds. The Labute approximate surface area is 256 Å². The van der Waals surface area contributed by atoms with Gasteiger partial charge in [-0.2, -0.15) is 0 Å². The summed E-state index contributed by atoms with van der Waals surface area (Å²) >= 11 is 0. The molecule has 6 nitrogen and oxygen atoms in total. The van der Waals surface area contributed by atoms with Gasteiger partial charge < -0.3 is 10.6 Å². The van der Waals surface area contributed by atoms with E-state index in [0.29, 0.717) is 24.5 Å². The summed E-state index contributed by atoms with van der Waals surface area (Å²) in [5, 5.41) is 6.24. The largest absolute Gasteiger partial charge is 0.339 e. The van der Waals surface area contributed by atoms with E-state index < -0.39 is 0 Å². The first kappa shape index (κ1) is 35.5. The third-order valence-electron chi connectivity index (χ3n) is 7.87. The highest BCUT2D eigenvalue weighted by molar-refractivity contribution is 5.95. The third-order valence-corrected chi connectivity index (χ3v) is 7.87. The Morgan fingerprint density at radius 3 is 1.02 bits per heavy atom. The van der Waals surface area contributed by atoms with Gasteiger partial charge in [-0.25, -0.2) is 0 Å². The van der Waals surface area contributed by atoms with E-state index >= 15 is 0 Å². The predicted octanol–water partition coefficient (Wildman–Crippen LogP) is 8.09.